The maximum absolute atomic E-state index is 11.5. The van der Waals surface area contributed by atoms with Crippen molar-refractivity contribution in [2.75, 3.05) is 11.5 Å². The fraction of sp³-hybridized carbons (Fsp3) is 0.900. The standard InChI is InChI=1S/C10H16OS/c11-10-7-12-6-9(10)8-4-2-1-3-5-8/h8-9H,1-7H2. The molecule has 0 aromatic carbocycles. The van der Waals surface area contributed by atoms with Crippen molar-refractivity contribution >= 4 is 17.5 Å². The van der Waals surface area contributed by atoms with E-state index in [1.54, 1.807) is 0 Å². The summed E-state index contributed by atoms with van der Waals surface area (Å²) < 4.78 is 0. The Hall–Kier alpha value is 0.0200. The maximum atomic E-state index is 11.5. The highest BCUT2D eigenvalue weighted by molar-refractivity contribution is 8.00. The summed E-state index contributed by atoms with van der Waals surface area (Å²) in [7, 11) is 0. The molecule has 0 radical (unpaired) electrons. The van der Waals surface area contributed by atoms with Gasteiger partial charge in [-0.05, 0) is 18.8 Å². The van der Waals surface area contributed by atoms with E-state index in [9.17, 15) is 4.79 Å². The lowest BCUT2D eigenvalue weighted by molar-refractivity contribution is -0.120. The fourth-order valence-corrected chi connectivity index (χ4v) is 3.67. The highest BCUT2D eigenvalue weighted by atomic mass is 32.2. The second-order valence-corrected chi connectivity index (χ2v) is 5.02. The van der Waals surface area contributed by atoms with Crippen molar-refractivity contribution in [3.63, 3.8) is 0 Å². The Morgan fingerprint density at radius 3 is 2.50 bits per heavy atom. The summed E-state index contributed by atoms with van der Waals surface area (Å²) in [5.41, 5.74) is 0. The van der Waals surface area contributed by atoms with Gasteiger partial charge in [0.2, 0.25) is 0 Å². The third kappa shape index (κ3) is 1.68. The van der Waals surface area contributed by atoms with E-state index in [2.05, 4.69) is 0 Å². The Morgan fingerprint density at radius 2 is 1.92 bits per heavy atom. The van der Waals surface area contributed by atoms with Crippen LogP contribution in [0.2, 0.25) is 0 Å². The van der Waals surface area contributed by atoms with Crippen LogP contribution in [0.25, 0.3) is 0 Å². The van der Waals surface area contributed by atoms with Crippen LogP contribution in [0.5, 0.6) is 0 Å². The average molecular weight is 184 g/mol. The van der Waals surface area contributed by atoms with Gasteiger partial charge in [0.25, 0.3) is 0 Å². The van der Waals surface area contributed by atoms with E-state index < -0.39 is 0 Å². The summed E-state index contributed by atoms with van der Waals surface area (Å²) in [5, 5.41) is 0. The number of carbonyl (C=O) groups is 1. The second kappa shape index (κ2) is 3.82. The molecule has 0 N–H and O–H groups in total. The van der Waals surface area contributed by atoms with Gasteiger partial charge in [0.1, 0.15) is 5.78 Å². The van der Waals surface area contributed by atoms with E-state index in [4.69, 9.17) is 0 Å². The van der Waals surface area contributed by atoms with Crippen LogP contribution in [0.1, 0.15) is 32.1 Å². The predicted molar refractivity (Wildman–Crippen MR) is 52.4 cm³/mol. The highest BCUT2D eigenvalue weighted by Crippen LogP contribution is 2.35. The van der Waals surface area contributed by atoms with E-state index >= 15 is 0 Å². The number of rotatable bonds is 1. The van der Waals surface area contributed by atoms with E-state index in [0.717, 1.165) is 17.4 Å². The maximum Gasteiger partial charge on any atom is 0.146 e. The first-order valence-electron chi connectivity index (χ1n) is 4.98. The molecule has 2 aliphatic rings. The molecule has 1 saturated carbocycles. The number of carbonyl (C=O) groups excluding carboxylic acids is 1. The molecule has 12 heavy (non-hydrogen) atoms. The molecule has 68 valence electrons. The summed E-state index contributed by atoms with van der Waals surface area (Å²) >= 11 is 1.83. The third-order valence-corrected chi connectivity index (χ3v) is 4.26. The minimum Gasteiger partial charge on any atom is -0.298 e. The normalized spacial score (nSPS) is 32.7. The monoisotopic (exact) mass is 184 g/mol. The van der Waals surface area contributed by atoms with Gasteiger partial charge < -0.3 is 0 Å². The molecule has 2 heteroatoms. The molecular formula is C10H16OS. The van der Waals surface area contributed by atoms with Gasteiger partial charge in [-0.2, -0.15) is 11.8 Å². The average Bonchev–Trinajstić information content (AvgIpc) is 2.53. The van der Waals surface area contributed by atoms with Crippen molar-refractivity contribution in [3.8, 4) is 0 Å². The van der Waals surface area contributed by atoms with Gasteiger partial charge in [-0.15, -0.1) is 0 Å². The summed E-state index contributed by atoms with van der Waals surface area (Å²) in [6.45, 7) is 0. The molecule has 1 atom stereocenters. The zero-order valence-electron chi connectivity index (χ0n) is 7.42. The summed E-state index contributed by atoms with van der Waals surface area (Å²) in [6.07, 6.45) is 6.75. The van der Waals surface area contributed by atoms with E-state index in [0.29, 0.717) is 11.7 Å². The van der Waals surface area contributed by atoms with Crippen molar-refractivity contribution in [2.24, 2.45) is 11.8 Å². The van der Waals surface area contributed by atoms with Crippen LogP contribution < -0.4 is 0 Å². The van der Waals surface area contributed by atoms with E-state index in [1.165, 1.54) is 32.1 Å². The molecule has 1 nitrogen and oxygen atoms in total. The first-order chi connectivity index (χ1) is 5.88. The molecule has 0 aromatic heterocycles. The molecule has 0 amide bonds. The van der Waals surface area contributed by atoms with Gasteiger partial charge in [0, 0.05) is 11.7 Å². The molecule has 1 aliphatic heterocycles. The van der Waals surface area contributed by atoms with Crippen LogP contribution in [0.15, 0.2) is 0 Å². The SMILES string of the molecule is O=C1CSCC1C1CCCCC1. The fourth-order valence-electron chi connectivity index (χ4n) is 2.42. The highest BCUT2D eigenvalue weighted by Gasteiger charge is 2.32. The zero-order chi connectivity index (χ0) is 8.39. The summed E-state index contributed by atoms with van der Waals surface area (Å²) in [4.78, 5) is 11.5. The van der Waals surface area contributed by atoms with Gasteiger partial charge in [-0.25, -0.2) is 0 Å². The smallest absolute Gasteiger partial charge is 0.146 e. The van der Waals surface area contributed by atoms with Crippen LogP contribution in [-0.2, 0) is 4.79 Å². The number of ketones is 1. The second-order valence-electron chi connectivity index (χ2n) is 3.99. The minimum absolute atomic E-state index is 0.440. The Kier molecular flexibility index (Phi) is 2.74. The lowest BCUT2D eigenvalue weighted by atomic mass is 9.79. The van der Waals surface area contributed by atoms with Crippen molar-refractivity contribution < 1.29 is 4.79 Å². The van der Waals surface area contributed by atoms with E-state index in [1.807, 2.05) is 11.8 Å². The van der Waals surface area contributed by atoms with Gasteiger partial charge >= 0.3 is 0 Å². The molecule has 1 aliphatic carbocycles. The van der Waals surface area contributed by atoms with Crippen molar-refractivity contribution in [1.29, 1.82) is 0 Å². The number of thioether (sulfide) groups is 1. The van der Waals surface area contributed by atoms with E-state index in [-0.39, 0.29) is 0 Å². The first kappa shape index (κ1) is 8.61. The van der Waals surface area contributed by atoms with Crippen LogP contribution >= 0.6 is 11.8 Å². The molecule has 0 spiro atoms. The Balaban J connectivity index is 1.93. The van der Waals surface area contributed by atoms with Gasteiger partial charge in [-0.3, -0.25) is 4.79 Å². The largest absolute Gasteiger partial charge is 0.298 e. The summed E-state index contributed by atoms with van der Waals surface area (Å²) in [5.74, 6) is 3.63. The molecule has 1 unspecified atom stereocenters. The Morgan fingerprint density at radius 1 is 1.17 bits per heavy atom. The van der Waals surface area contributed by atoms with Crippen molar-refractivity contribution in [2.45, 2.75) is 32.1 Å². The molecule has 2 rings (SSSR count). The molecular weight excluding hydrogens is 168 g/mol. The number of hydrogen-bond acceptors (Lipinski definition) is 2. The molecule has 1 heterocycles. The van der Waals surface area contributed by atoms with Crippen molar-refractivity contribution in [1.82, 2.24) is 0 Å². The number of hydrogen-bond donors (Lipinski definition) is 0. The quantitative estimate of drug-likeness (QED) is 0.623. The Bertz CT molecular complexity index is 173. The predicted octanol–water partition coefficient (Wildman–Crippen LogP) is 2.50. The van der Waals surface area contributed by atoms with Crippen LogP contribution in [0.4, 0.5) is 0 Å². The molecule has 0 bridgehead atoms. The van der Waals surface area contributed by atoms with Crippen LogP contribution in [0.3, 0.4) is 0 Å². The molecule has 0 aromatic rings. The third-order valence-electron chi connectivity index (χ3n) is 3.17. The summed E-state index contributed by atoms with van der Waals surface area (Å²) in [6, 6.07) is 0. The minimum atomic E-state index is 0.440. The Labute approximate surface area is 78.3 Å². The molecule has 2 fully saturated rings. The zero-order valence-corrected chi connectivity index (χ0v) is 8.24. The molecule has 1 saturated heterocycles. The van der Waals surface area contributed by atoms with Gasteiger partial charge in [0.05, 0.1) is 5.75 Å². The topological polar surface area (TPSA) is 17.1 Å². The van der Waals surface area contributed by atoms with Crippen molar-refractivity contribution in [3.05, 3.63) is 0 Å². The lowest BCUT2D eigenvalue weighted by Gasteiger charge is -2.25. The number of Topliss-reactive ketones (excluding diaryl/α,β-unsaturated/α-hetero) is 1. The van der Waals surface area contributed by atoms with Crippen LogP contribution in [0, 0.1) is 11.8 Å². The lowest BCUT2D eigenvalue weighted by Crippen LogP contribution is -2.24. The van der Waals surface area contributed by atoms with Crippen LogP contribution in [-0.4, -0.2) is 17.3 Å². The first-order valence-corrected chi connectivity index (χ1v) is 6.14. The van der Waals surface area contributed by atoms with Gasteiger partial charge in [0.15, 0.2) is 0 Å². The van der Waals surface area contributed by atoms with Gasteiger partial charge in [-0.1, -0.05) is 19.3 Å².